The molecule has 1 atom stereocenters. The minimum Gasteiger partial charge on any atom is -0.405 e. The third-order valence-corrected chi connectivity index (χ3v) is 5.26. The van der Waals surface area contributed by atoms with Crippen molar-refractivity contribution in [3.05, 3.63) is 29.8 Å². The van der Waals surface area contributed by atoms with Crippen molar-refractivity contribution in [2.75, 3.05) is 7.05 Å². The lowest BCUT2D eigenvalue weighted by molar-refractivity contribution is -0.275. The van der Waals surface area contributed by atoms with Gasteiger partial charge in [-0.05, 0) is 29.9 Å². The second-order valence-corrected chi connectivity index (χ2v) is 6.77. The fourth-order valence-electron chi connectivity index (χ4n) is 3.54. The molecule has 1 N–H and O–H groups in total. The Labute approximate surface area is 123 Å². The van der Waals surface area contributed by atoms with E-state index >= 15 is 0 Å². The predicted molar refractivity (Wildman–Crippen MR) is 76.0 cm³/mol. The molecule has 0 bridgehead atoms. The number of para-hydroxylation sites is 1. The lowest BCUT2D eigenvalue weighted by Crippen LogP contribution is -2.24. The topological polar surface area (TPSA) is 21.3 Å². The Hall–Kier alpha value is -1.23. The van der Waals surface area contributed by atoms with E-state index in [1.165, 1.54) is 6.07 Å². The first-order valence-corrected chi connectivity index (χ1v) is 7.04. The van der Waals surface area contributed by atoms with Crippen LogP contribution >= 0.6 is 0 Å². The maximum Gasteiger partial charge on any atom is 0.573 e. The maximum atomic E-state index is 12.6. The highest BCUT2D eigenvalue weighted by Crippen LogP contribution is 2.72. The minimum atomic E-state index is -4.68. The van der Waals surface area contributed by atoms with Crippen molar-refractivity contribution in [1.29, 1.82) is 0 Å². The Balaban J connectivity index is 2.37. The van der Waals surface area contributed by atoms with Gasteiger partial charge in [-0.1, -0.05) is 45.9 Å². The van der Waals surface area contributed by atoms with Crippen LogP contribution in [0.3, 0.4) is 0 Å². The van der Waals surface area contributed by atoms with E-state index in [9.17, 15) is 13.2 Å². The summed E-state index contributed by atoms with van der Waals surface area (Å²) in [5, 5.41) is 3.17. The summed E-state index contributed by atoms with van der Waals surface area (Å²) >= 11 is 0. The number of nitrogens with one attached hydrogen (secondary N) is 1. The molecule has 1 aliphatic rings. The molecule has 0 spiro atoms. The average molecular weight is 301 g/mol. The van der Waals surface area contributed by atoms with E-state index in [1.54, 1.807) is 25.2 Å². The fourth-order valence-corrected chi connectivity index (χ4v) is 3.54. The van der Waals surface area contributed by atoms with Crippen LogP contribution in [0.15, 0.2) is 24.3 Å². The van der Waals surface area contributed by atoms with Crippen LogP contribution < -0.4 is 10.1 Å². The van der Waals surface area contributed by atoms with Crippen LogP contribution in [-0.2, 0) is 0 Å². The Morgan fingerprint density at radius 3 is 2.05 bits per heavy atom. The summed E-state index contributed by atoms with van der Waals surface area (Å²) in [6.45, 7) is 8.59. The van der Waals surface area contributed by atoms with Crippen LogP contribution in [0.1, 0.15) is 39.3 Å². The molecule has 2 nitrogen and oxygen atoms in total. The SMILES string of the molecule is CNC(c1ccccc1OC(F)(F)F)C1C(C)(C)C1(C)C. The molecule has 118 valence electrons. The van der Waals surface area contributed by atoms with Crippen molar-refractivity contribution in [2.45, 2.75) is 40.1 Å². The van der Waals surface area contributed by atoms with Gasteiger partial charge in [0, 0.05) is 11.6 Å². The minimum absolute atomic E-state index is 0.0615. The molecule has 1 unspecified atom stereocenters. The van der Waals surface area contributed by atoms with Crippen LogP contribution in [0.25, 0.3) is 0 Å². The molecular formula is C16H22F3NO. The van der Waals surface area contributed by atoms with E-state index in [0.717, 1.165) is 0 Å². The number of rotatable bonds is 4. The molecule has 0 saturated heterocycles. The van der Waals surface area contributed by atoms with Crippen LogP contribution in [0.5, 0.6) is 5.75 Å². The van der Waals surface area contributed by atoms with Crippen molar-refractivity contribution in [2.24, 2.45) is 16.7 Å². The molecule has 1 aromatic carbocycles. The zero-order valence-corrected chi connectivity index (χ0v) is 13.0. The third kappa shape index (κ3) is 2.76. The quantitative estimate of drug-likeness (QED) is 0.882. The highest BCUT2D eigenvalue weighted by molar-refractivity contribution is 5.39. The highest BCUT2D eigenvalue weighted by atomic mass is 19.4. The van der Waals surface area contributed by atoms with Crippen molar-refractivity contribution in [3.8, 4) is 5.75 Å². The molecule has 0 heterocycles. The Morgan fingerprint density at radius 1 is 1.10 bits per heavy atom. The number of ether oxygens (including phenoxy) is 1. The Bertz CT molecular complexity index is 508. The lowest BCUT2D eigenvalue weighted by atomic mass is 9.96. The number of alkyl halides is 3. The molecule has 1 fully saturated rings. The van der Waals surface area contributed by atoms with Crippen LogP contribution in [0, 0.1) is 16.7 Å². The normalized spacial score (nSPS) is 21.9. The zero-order chi connectivity index (χ0) is 16.1. The molecule has 1 saturated carbocycles. The standard InChI is InChI=1S/C16H22F3NO/c1-14(2)13(15(14,3)4)12(20-5)10-8-6-7-9-11(10)21-16(17,18)19/h6-9,12-13,20H,1-5H3. The fraction of sp³-hybridized carbons (Fsp3) is 0.625. The largest absolute Gasteiger partial charge is 0.573 e. The molecule has 1 aliphatic carbocycles. The van der Waals surface area contributed by atoms with E-state index in [1.807, 2.05) is 0 Å². The van der Waals surface area contributed by atoms with Crippen LogP contribution in [-0.4, -0.2) is 13.4 Å². The van der Waals surface area contributed by atoms with Crippen molar-refractivity contribution >= 4 is 0 Å². The number of hydrogen-bond donors (Lipinski definition) is 1. The predicted octanol–water partition coefficient (Wildman–Crippen LogP) is 4.53. The Morgan fingerprint density at radius 2 is 1.62 bits per heavy atom. The summed E-state index contributed by atoms with van der Waals surface area (Å²) in [5.41, 5.74) is 0.680. The number of halogens is 3. The van der Waals surface area contributed by atoms with Gasteiger partial charge in [0.2, 0.25) is 0 Å². The van der Waals surface area contributed by atoms with E-state index in [0.29, 0.717) is 5.56 Å². The second kappa shape index (κ2) is 4.90. The summed E-state index contributed by atoms with van der Waals surface area (Å²) < 4.78 is 41.9. The van der Waals surface area contributed by atoms with Gasteiger partial charge in [0.1, 0.15) is 5.75 Å². The van der Waals surface area contributed by atoms with Crippen LogP contribution in [0.2, 0.25) is 0 Å². The number of hydrogen-bond acceptors (Lipinski definition) is 2. The molecule has 0 aliphatic heterocycles. The van der Waals surface area contributed by atoms with Gasteiger partial charge >= 0.3 is 6.36 Å². The van der Waals surface area contributed by atoms with Gasteiger partial charge < -0.3 is 10.1 Å². The molecule has 21 heavy (non-hydrogen) atoms. The zero-order valence-electron chi connectivity index (χ0n) is 13.0. The van der Waals surface area contributed by atoms with Crippen molar-refractivity contribution in [1.82, 2.24) is 5.32 Å². The summed E-state index contributed by atoms with van der Waals surface area (Å²) in [7, 11) is 1.78. The van der Waals surface area contributed by atoms with E-state index in [4.69, 9.17) is 0 Å². The number of benzene rings is 1. The summed E-state index contributed by atoms with van der Waals surface area (Å²) in [5.74, 6) is 0.121. The van der Waals surface area contributed by atoms with Gasteiger partial charge in [0.15, 0.2) is 0 Å². The van der Waals surface area contributed by atoms with E-state index in [2.05, 4.69) is 37.7 Å². The van der Waals surface area contributed by atoms with Gasteiger partial charge in [-0.25, -0.2) is 0 Å². The second-order valence-electron chi connectivity index (χ2n) is 6.77. The smallest absolute Gasteiger partial charge is 0.405 e. The van der Waals surface area contributed by atoms with Gasteiger partial charge in [0.25, 0.3) is 0 Å². The molecule has 0 aromatic heterocycles. The molecular weight excluding hydrogens is 279 g/mol. The van der Waals surface area contributed by atoms with E-state index in [-0.39, 0.29) is 28.5 Å². The molecule has 0 amide bonds. The third-order valence-electron chi connectivity index (χ3n) is 5.26. The maximum absolute atomic E-state index is 12.6. The molecule has 0 radical (unpaired) electrons. The van der Waals surface area contributed by atoms with Gasteiger partial charge in [0.05, 0.1) is 0 Å². The van der Waals surface area contributed by atoms with Gasteiger partial charge in [-0.2, -0.15) is 0 Å². The van der Waals surface area contributed by atoms with Gasteiger partial charge in [-0.15, -0.1) is 13.2 Å². The highest BCUT2D eigenvalue weighted by Gasteiger charge is 2.67. The lowest BCUT2D eigenvalue weighted by Gasteiger charge is -2.22. The molecule has 2 rings (SSSR count). The van der Waals surface area contributed by atoms with Crippen LogP contribution in [0.4, 0.5) is 13.2 Å². The monoisotopic (exact) mass is 301 g/mol. The van der Waals surface area contributed by atoms with E-state index < -0.39 is 6.36 Å². The molecule has 5 heteroatoms. The first-order chi connectivity index (χ1) is 9.52. The Kier molecular flexibility index (Phi) is 3.77. The molecule has 1 aromatic rings. The van der Waals surface area contributed by atoms with Gasteiger partial charge in [-0.3, -0.25) is 0 Å². The van der Waals surface area contributed by atoms with Crippen molar-refractivity contribution in [3.63, 3.8) is 0 Å². The summed E-state index contributed by atoms with van der Waals surface area (Å²) in [6.07, 6.45) is -4.68. The average Bonchev–Trinajstić information content (AvgIpc) is 2.73. The van der Waals surface area contributed by atoms with Crippen molar-refractivity contribution < 1.29 is 17.9 Å². The summed E-state index contributed by atoms with van der Waals surface area (Å²) in [6, 6.07) is 6.20. The first-order valence-electron chi connectivity index (χ1n) is 7.04. The first kappa shape index (κ1) is 16.1. The summed E-state index contributed by atoms with van der Waals surface area (Å²) in [4.78, 5) is 0.